The van der Waals surface area contributed by atoms with Crippen LogP contribution in [0.4, 0.5) is 0 Å². The van der Waals surface area contributed by atoms with Gasteiger partial charge in [0.25, 0.3) is 0 Å². The van der Waals surface area contributed by atoms with E-state index in [4.69, 9.17) is 4.74 Å². The highest BCUT2D eigenvalue weighted by molar-refractivity contribution is 9.10. The largest absolute Gasteiger partial charge is 0.493 e. The van der Waals surface area contributed by atoms with Gasteiger partial charge in [-0.05, 0) is 49.1 Å². The van der Waals surface area contributed by atoms with Gasteiger partial charge in [-0.2, -0.15) is 0 Å². The van der Waals surface area contributed by atoms with E-state index in [1.54, 1.807) is 0 Å². The number of hydrogen-bond donors (Lipinski definition) is 1. The number of ether oxygens (including phenoxy) is 1. The van der Waals surface area contributed by atoms with E-state index in [0.717, 1.165) is 25.2 Å². The smallest absolute Gasteiger partial charge is 0.125 e. The summed E-state index contributed by atoms with van der Waals surface area (Å²) < 4.78 is 6.97. The Kier molecular flexibility index (Phi) is 3.39. The molecule has 0 spiro atoms. The summed E-state index contributed by atoms with van der Waals surface area (Å²) >= 11 is 3.60. The minimum Gasteiger partial charge on any atom is -0.493 e. The van der Waals surface area contributed by atoms with Crippen molar-refractivity contribution >= 4 is 15.9 Å². The Labute approximate surface area is 111 Å². The molecule has 0 saturated carbocycles. The Hall–Kier alpha value is -0.540. The van der Waals surface area contributed by atoms with Crippen molar-refractivity contribution in [2.24, 2.45) is 0 Å². The van der Waals surface area contributed by atoms with E-state index >= 15 is 0 Å². The van der Waals surface area contributed by atoms with Crippen LogP contribution in [0.1, 0.15) is 30.4 Å². The molecular weight excluding hydrogens is 278 g/mol. The van der Waals surface area contributed by atoms with Gasteiger partial charge in [0.05, 0.1) is 6.61 Å². The van der Waals surface area contributed by atoms with Crippen LogP contribution in [0.15, 0.2) is 16.6 Å². The van der Waals surface area contributed by atoms with Crippen molar-refractivity contribution in [3.8, 4) is 5.75 Å². The molecule has 1 saturated heterocycles. The number of benzene rings is 1. The standard InChI is InChI=1S/C14H18BrNO/c15-12-7-10-4-6-17-14(10)11(8-12)9-13-3-1-2-5-16-13/h7-8,13,16H,1-6,9H2. The molecule has 17 heavy (non-hydrogen) atoms. The zero-order valence-electron chi connectivity index (χ0n) is 9.97. The molecule has 0 aliphatic carbocycles. The summed E-state index contributed by atoms with van der Waals surface area (Å²) in [4.78, 5) is 0. The van der Waals surface area contributed by atoms with Crippen LogP contribution < -0.4 is 10.1 Å². The molecule has 0 aromatic heterocycles. The number of nitrogens with one attached hydrogen (secondary N) is 1. The number of halogens is 1. The molecule has 1 aromatic carbocycles. The average molecular weight is 296 g/mol. The van der Waals surface area contributed by atoms with Crippen LogP contribution in [-0.4, -0.2) is 19.2 Å². The van der Waals surface area contributed by atoms with Crippen molar-refractivity contribution in [1.82, 2.24) is 5.32 Å². The molecule has 2 aliphatic rings. The molecule has 0 bridgehead atoms. The van der Waals surface area contributed by atoms with E-state index in [1.807, 2.05) is 0 Å². The van der Waals surface area contributed by atoms with E-state index in [0.29, 0.717) is 6.04 Å². The third kappa shape index (κ3) is 2.50. The van der Waals surface area contributed by atoms with E-state index < -0.39 is 0 Å². The monoisotopic (exact) mass is 295 g/mol. The first kappa shape index (κ1) is 11.5. The van der Waals surface area contributed by atoms with Crippen molar-refractivity contribution in [3.63, 3.8) is 0 Å². The van der Waals surface area contributed by atoms with Crippen LogP contribution in [0, 0.1) is 0 Å². The maximum atomic E-state index is 5.78. The maximum Gasteiger partial charge on any atom is 0.125 e. The van der Waals surface area contributed by atoms with Crippen LogP contribution in [0.25, 0.3) is 0 Å². The third-order valence-electron chi connectivity index (χ3n) is 3.70. The lowest BCUT2D eigenvalue weighted by Crippen LogP contribution is -2.35. The lowest BCUT2D eigenvalue weighted by atomic mass is 9.96. The second kappa shape index (κ2) is 4.99. The quantitative estimate of drug-likeness (QED) is 0.905. The summed E-state index contributed by atoms with van der Waals surface area (Å²) in [5, 5.41) is 3.61. The van der Waals surface area contributed by atoms with Crippen LogP contribution in [0.5, 0.6) is 5.75 Å². The van der Waals surface area contributed by atoms with E-state index in [-0.39, 0.29) is 0 Å². The van der Waals surface area contributed by atoms with Crippen molar-refractivity contribution in [2.75, 3.05) is 13.2 Å². The highest BCUT2D eigenvalue weighted by atomic mass is 79.9. The molecule has 2 nitrogen and oxygen atoms in total. The highest BCUT2D eigenvalue weighted by Gasteiger charge is 2.20. The van der Waals surface area contributed by atoms with E-state index in [1.165, 1.54) is 41.4 Å². The summed E-state index contributed by atoms with van der Waals surface area (Å²) in [6, 6.07) is 5.05. The molecular formula is C14H18BrNO. The molecule has 3 heteroatoms. The predicted molar refractivity (Wildman–Crippen MR) is 72.7 cm³/mol. The summed E-state index contributed by atoms with van der Waals surface area (Å²) in [5.74, 6) is 1.15. The molecule has 92 valence electrons. The fraction of sp³-hybridized carbons (Fsp3) is 0.571. The first-order valence-electron chi connectivity index (χ1n) is 6.50. The second-order valence-electron chi connectivity index (χ2n) is 5.00. The van der Waals surface area contributed by atoms with Gasteiger partial charge >= 0.3 is 0 Å². The van der Waals surface area contributed by atoms with Crippen molar-refractivity contribution in [3.05, 3.63) is 27.7 Å². The van der Waals surface area contributed by atoms with Gasteiger partial charge < -0.3 is 10.1 Å². The van der Waals surface area contributed by atoms with Crippen molar-refractivity contribution in [2.45, 2.75) is 38.1 Å². The second-order valence-corrected chi connectivity index (χ2v) is 5.92. The zero-order chi connectivity index (χ0) is 11.7. The maximum absolute atomic E-state index is 5.78. The minimum absolute atomic E-state index is 0.631. The summed E-state index contributed by atoms with van der Waals surface area (Å²) in [6.45, 7) is 2.01. The van der Waals surface area contributed by atoms with Crippen LogP contribution in [0.3, 0.4) is 0 Å². The van der Waals surface area contributed by atoms with Crippen molar-refractivity contribution in [1.29, 1.82) is 0 Å². The minimum atomic E-state index is 0.631. The summed E-state index contributed by atoms with van der Waals surface area (Å²) in [5.41, 5.74) is 2.73. The van der Waals surface area contributed by atoms with Gasteiger partial charge in [-0.3, -0.25) is 0 Å². The summed E-state index contributed by atoms with van der Waals surface area (Å²) in [6.07, 6.45) is 6.13. The van der Waals surface area contributed by atoms with Gasteiger partial charge in [-0.15, -0.1) is 0 Å². The van der Waals surface area contributed by atoms with Crippen LogP contribution >= 0.6 is 15.9 Å². The molecule has 0 radical (unpaired) electrons. The Morgan fingerprint density at radius 3 is 3.12 bits per heavy atom. The van der Waals surface area contributed by atoms with Gasteiger partial charge in [0, 0.05) is 16.9 Å². The van der Waals surface area contributed by atoms with Crippen LogP contribution in [0.2, 0.25) is 0 Å². The highest BCUT2D eigenvalue weighted by Crippen LogP contribution is 2.34. The Balaban J connectivity index is 1.82. The van der Waals surface area contributed by atoms with Gasteiger partial charge in [-0.1, -0.05) is 22.4 Å². The van der Waals surface area contributed by atoms with E-state index in [2.05, 4.69) is 33.4 Å². The first-order valence-corrected chi connectivity index (χ1v) is 7.30. The summed E-state index contributed by atoms with van der Waals surface area (Å²) in [7, 11) is 0. The Morgan fingerprint density at radius 2 is 2.29 bits per heavy atom. The Bertz CT molecular complexity index is 413. The number of hydrogen-bond acceptors (Lipinski definition) is 2. The molecule has 1 N–H and O–H groups in total. The van der Waals surface area contributed by atoms with Crippen molar-refractivity contribution < 1.29 is 4.74 Å². The van der Waals surface area contributed by atoms with E-state index in [9.17, 15) is 0 Å². The van der Waals surface area contributed by atoms with Gasteiger partial charge in [-0.25, -0.2) is 0 Å². The first-order chi connectivity index (χ1) is 8.33. The molecule has 0 amide bonds. The zero-order valence-corrected chi connectivity index (χ0v) is 11.6. The van der Waals surface area contributed by atoms with Gasteiger partial charge in [0.15, 0.2) is 0 Å². The normalized spacial score (nSPS) is 23.2. The lowest BCUT2D eigenvalue weighted by Gasteiger charge is -2.24. The molecule has 2 heterocycles. The number of fused-ring (bicyclic) bond motifs is 1. The lowest BCUT2D eigenvalue weighted by molar-refractivity contribution is 0.347. The SMILES string of the molecule is Brc1cc2c(c(CC3CCCCN3)c1)OCC2. The fourth-order valence-electron chi connectivity index (χ4n) is 2.86. The average Bonchev–Trinajstić information content (AvgIpc) is 2.78. The number of rotatable bonds is 2. The Morgan fingerprint density at radius 1 is 1.35 bits per heavy atom. The third-order valence-corrected chi connectivity index (χ3v) is 4.16. The number of piperidine rings is 1. The topological polar surface area (TPSA) is 21.3 Å². The molecule has 3 rings (SSSR count). The van der Waals surface area contributed by atoms with Gasteiger partial charge in [0.2, 0.25) is 0 Å². The molecule has 1 fully saturated rings. The fourth-order valence-corrected chi connectivity index (χ4v) is 3.41. The molecule has 1 unspecified atom stereocenters. The van der Waals surface area contributed by atoms with Crippen LogP contribution in [-0.2, 0) is 12.8 Å². The predicted octanol–water partition coefficient (Wildman–Crippen LogP) is 3.07. The molecule has 1 aromatic rings. The van der Waals surface area contributed by atoms with Gasteiger partial charge in [0.1, 0.15) is 5.75 Å². The molecule has 1 atom stereocenters. The molecule has 2 aliphatic heterocycles.